The van der Waals surface area contributed by atoms with Gasteiger partial charge in [-0.3, -0.25) is 4.79 Å². The summed E-state index contributed by atoms with van der Waals surface area (Å²) >= 11 is 0. The lowest BCUT2D eigenvalue weighted by molar-refractivity contribution is -0.132. The number of unbranched alkanes of at least 4 members (excludes halogenated alkanes) is 2. The second-order valence-corrected chi connectivity index (χ2v) is 5.34. The molecule has 0 bridgehead atoms. The van der Waals surface area contributed by atoms with Gasteiger partial charge in [-0.1, -0.05) is 44.6 Å². The van der Waals surface area contributed by atoms with Crippen LogP contribution in [0.2, 0.25) is 0 Å². The first-order valence-electron chi connectivity index (χ1n) is 7.88. The zero-order valence-electron chi connectivity index (χ0n) is 12.6. The van der Waals surface area contributed by atoms with E-state index in [1.54, 1.807) is 0 Å². The van der Waals surface area contributed by atoms with Crippen molar-refractivity contribution in [3.05, 3.63) is 24.3 Å². The molecule has 0 heterocycles. The first-order valence-corrected chi connectivity index (χ1v) is 7.88. The molecular weight excluding hydrogens is 234 g/mol. The predicted molar refractivity (Wildman–Crippen MR) is 82.0 cm³/mol. The molecule has 0 N–H and O–H groups in total. The predicted octanol–water partition coefficient (Wildman–Crippen LogP) is 4.33. The topological polar surface area (TPSA) is 20.3 Å². The quantitative estimate of drug-likeness (QED) is 0.424. The molecule has 0 atom stereocenters. The fraction of sp³-hybridized carbons (Fsp3) is 0.706. The van der Waals surface area contributed by atoms with E-state index in [1.165, 1.54) is 0 Å². The number of hydrogen-bond acceptors (Lipinski definition) is 1. The molecular formula is C17H29NO. The van der Waals surface area contributed by atoms with Crippen molar-refractivity contribution in [2.24, 2.45) is 5.92 Å². The third-order valence-electron chi connectivity index (χ3n) is 3.41. The minimum absolute atomic E-state index is 0.345. The standard InChI is InChI=1S/C17H29NO/c1-3-5-7-8-9-10-11-15-18(14-6-4-2)17(19)16-12-13-16/h5,7,10-11,16H,3-4,6,8-9,12-15H2,1-2H3/b7-5-,11-10-. The highest BCUT2D eigenvalue weighted by Gasteiger charge is 2.32. The molecule has 0 aromatic carbocycles. The Bertz CT molecular complexity index is 302. The molecule has 1 aliphatic carbocycles. The van der Waals surface area contributed by atoms with Crippen LogP contribution in [-0.4, -0.2) is 23.9 Å². The van der Waals surface area contributed by atoms with Crippen LogP contribution in [0.5, 0.6) is 0 Å². The van der Waals surface area contributed by atoms with E-state index in [0.29, 0.717) is 11.8 Å². The van der Waals surface area contributed by atoms with Crippen LogP contribution in [0.15, 0.2) is 24.3 Å². The summed E-state index contributed by atoms with van der Waals surface area (Å²) in [6, 6.07) is 0. The highest BCUT2D eigenvalue weighted by atomic mass is 16.2. The Hall–Kier alpha value is -1.05. The van der Waals surface area contributed by atoms with Gasteiger partial charge in [0.05, 0.1) is 0 Å². The summed E-state index contributed by atoms with van der Waals surface area (Å²) < 4.78 is 0. The Morgan fingerprint density at radius 1 is 1.11 bits per heavy atom. The Labute approximate surface area is 118 Å². The van der Waals surface area contributed by atoms with Crippen LogP contribution < -0.4 is 0 Å². The van der Waals surface area contributed by atoms with Gasteiger partial charge in [-0.25, -0.2) is 0 Å². The molecule has 0 unspecified atom stereocenters. The van der Waals surface area contributed by atoms with Crippen LogP contribution in [0.3, 0.4) is 0 Å². The average Bonchev–Trinajstić information content (AvgIpc) is 3.25. The van der Waals surface area contributed by atoms with Crippen molar-refractivity contribution >= 4 is 5.91 Å². The molecule has 0 radical (unpaired) electrons. The van der Waals surface area contributed by atoms with Gasteiger partial charge in [0, 0.05) is 19.0 Å². The third kappa shape index (κ3) is 7.19. The molecule has 0 saturated heterocycles. The van der Waals surface area contributed by atoms with Gasteiger partial charge in [-0.15, -0.1) is 0 Å². The van der Waals surface area contributed by atoms with Crippen LogP contribution in [-0.2, 0) is 4.79 Å². The molecule has 0 aliphatic heterocycles. The molecule has 1 aliphatic rings. The second kappa shape index (κ2) is 9.82. The summed E-state index contributed by atoms with van der Waals surface area (Å²) in [5.41, 5.74) is 0. The summed E-state index contributed by atoms with van der Waals surface area (Å²) in [7, 11) is 0. The molecule has 0 aromatic rings. The van der Waals surface area contributed by atoms with Crippen LogP contribution in [0, 0.1) is 5.92 Å². The summed E-state index contributed by atoms with van der Waals surface area (Å²) in [5.74, 6) is 0.724. The smallest absolute Gasteiger partial charge is 0.225 e. The maximum absolute atomic E-state index is 12.1. The average molecular weight is 263 g/mol. The lowest BCUT2D eigenvalue weighted by Crippen LogP contribution is -2.33. The SMILES string of the molecule is CC/C=C\CC/C=C\CN(CCCC)C(=O)C1CC1. The normalized spacial score (nSPS) is 15.5. The Morgan fingerprint density at radius 2 is 1.79 bits per heavy atom. The molecule has 1 rings (SSSR count). The van der Waals surface area contributed by atoms with E-state index in [-0.39, 0.29) is 0 Å². The van der Waals surface area contributed by atoms with E-state index < -0.39 is 0 Å². The number of allylic oxidation sites excluding steroid dienone is 3. The Morgan fingerprint density at radius 3 is 2.37 bits per heavy atom. The number of carbonyl (C=O) groups excluding carboxylic acids is 1. The molecule has 108 valence electrons. The van der Waals surface area contributed by atoms with E-state index in [2.05, 4.69) is 38.2 Å². The fourth-order valence-corrected chi connectivity index (χ4v) is 2.03. The Balaban J connectivity index is 2.24. The summed E-state index contributed by atoms with van der Waals surface area (Å²) in [4.78, 5) is 14.1. The number of carbonyl (C=O) groups is 1. The summed E-state index contributed by atoms with van der Waals surface area (Å²) in [6.07, 6.45) is 16.6. The van der Waals surface area contributed by atoms with Crippen LogP contribution >= 0.6 is 0 Å². The number of nitrogens with zero attached hydrogens (tertiary/aromatic N) is 1. The van der Waals surface area contributed by atoms with Gasteiger partial charge in [0.2, 0.25) is 5.91 Å². The van der Waals surface area contributed by atoms with Crippen molar-refractivity contribution in [2.45, 2.75) is 58.8 Å². The van der Waals surface area contributed by atoms with E-state index in [1.807, 2.05) is 4.90 Å². The van der Waals surface area contributed by atoms with Gasteiger partial charge in [0.1, 0.15) is 0 Å². The minimum Gasteiger partial charge on any atom is -0.339 e. The first-order chi connectivity index (χ1) is 9.29. The summed E-state index contributed by atoms with van der Waals surface area (Å²) in [6.45, 7) is 6.05. The molecule has 0 aromatic heterocycles. The largest absolute Gasteiger partial charge is 0.339 e. The number of hydrogen-bond donors (Lipinski definition) is 0. The monoisotopic (exact) mass is 263 g/mol. The molecule has 2 nitrogen and oxygen atoms in total. The van der Waals surface area contributed by atoms with Gasteiger partial charge in [-0.05, 0) is 38.5 Å². The number of amides is 1. The third-order valence-corrected chi connectivity index (χ3v) is 3.41. The molecule has 1 amide bonds. The summed E-state index contributed by atoms with van der Waals surface area (Å²) in [5, 5.41) is 0. The molecule has 2 heteroatoms. The van der Waals surface area contributed by atoms with Crippen molar-refractivity contribution in [3.63, 3.8) is 0 Å². The van der Waals surface area contributed by atoms with Gasteiger partial charge in [-0.2, -0.15) is 0 Å². The zero-order valence-corrected chi connectivity index (χ0v) is 12.6. The highest BCUT2D eigenvalue weighted by Crippen LogP contribution is 2.31. The lowest BCUT2D eigenvalue weighted by atomic mass is 10.2. The van der Waals surface area contributed by atoms with E-state index in [9.17, 15) is 4.79 Å². The molecule has 1 fully saturated rings. The highest BCUT2D eigenvalue weighted by molar-refractivity contribution is 5.81. The lowest BCUT2D eigenvalue weighted by Gasteiger charge is -2.20. The van der Waals surface area contributed by atoms with Gasteiger partial charge < -0.3 is 4.90 Å². The van der Waals surface area contributed by atoms with Crippen molar-refractivity contribution in [3.8, 4) is 0 Å². The molecule has 1 saturated carbocycles. The maximum atomic E-state index is 12.1. The van der Waals surface area contributed by atoms with Crippen molar-refractivity contribution in [1.29, 1.82) is 0 Å². The van der Waals surface area contributed by atoms with Gasteiger partial charge in [0.25, 0.3) is 0 Å². The molecule has 0 spiro atoms. The van der Waals surface area contributed by atoms with Gasteiger partial charge in [0.15, 0.2) is 0 Å². The second-order valence-electron chi connectivity index (χ2n) is 5.34. The van der Waals surface area contributed by atoms with E-state index >= 15 is 0 Å². The van der Waals surface area contributed by atoms with E-state index in [4.69, 9.17) is 0 Å². The maximum Gasteiger partial charge on any atom is 0.225 e. The first kappa shape index (κ1) is 16.0. The van der Waals surface area contributed by atoms with Crippen LogP contribution in [0.4, 0.5) is 0 Å². The van der Waals surface area contributed by atoms with Crippen molar-refractivity contribution < 1.29 is 4.79 Å². The fourth-order valence-electron chi connectivity index (χ4n) is 2.03. The van der Waals surface area contributed by atoms with Crippen LogP contribution in [0.1, 0.15) is 58.8 Å². The van der Waals surface area contributed by atoms with Crippen molar-refractivity contribution in [2.75, 3.05) is 13.1 Å². The van der Waals surface area contributed by atoms with Crippen molar-refractivity contribution in [1.82, 2.24) is 4.90 Å². The van der Waals surface area contributed by atoms with Crippen LogP contribution in [0.25, 0.3) is 0 Å². The Kier molecular flexibility index (Phi) is 8.28. The zero-order chi connectivity index (χ0) is 13.9. The van der Waals surface area contributed by atoms with E-state index in [0.717, 1.165) is 58.0 Å². The number of rotatable bonds is 10. The molecule has 19 heavy (non-hydrogen) atoms. The minimum atomic E-state index is 0.345. The van der Waals surface area contributed by atoms with Gasteiger partial charge >= 0.3 is 0 Å².